The Morgan fingerprint density at radius 2 is 1.67 bits per heavy atom. The van der Waals surface area contributed by atoms with Gasteiger partial charge >= 0.3 is 0 Å². The van der Waals surface area contributed by atoms with Crippen LogP contribution in [0.2, 0.25) is 0 Å². The van der Waals surface area contributed by atoms with E-state index in [-0.39, 0.29) is 12.5 Å². The number of benzene rings is 3. The molecule has 1 atom stereocenters. The fourth-order valence-corrected chi connectivity index (χ4v) is 5.05. The Morgan fingerprint density at radius 3 is 2.33 bits per heavy atom. The van der Waals surface area contributed by atoms with Crippen molar-refractivity contribution in [3.63, 3.8) is 0 Å². The van der Waals surface area contributed by atoms with Crippen molar-refractivity contribution in [2.75, 3.05) is 23.7 Å². The summed E-state index contributed by atoms with van der Waals surface area (Å²) in [5, 5.41) is 4.47. The summed E-state index contributed by atoms with van der Waals surface area (Å²) >= 11 is 3.41. The number of halogens is 1. The number of unbranched alkanes of at least 4 members (excludes halogenated alkanes) is 1. The van der Waals surface area contributed by atoms with Crippen molar-refractivity contribution in [3.8, 4) is 0 Å². The highest BCUT2D eigenvalue weighted by Gasteiger charge is 2.30. The van der Waals surface area contributed by atoms with Gasteiger partial charge in [0.15, 0.2) is 0 Å². The predicted octanol–water partition coefficient (Wildman–Crippen LogP) is 4.70. The van der Waals surface area contributed by atoms with Crippen LogP contribution < -0.4 is 9.62 Å². The molecule has 0 spiro atoms. The van der Waals surface area contributed by atoms with Gasteiger partial charge in [0, 0.05) is 22.9 Å². The van der Waals surface area contributed by atoms with Crippen LogP contribution in [0.4, 0.5) is 5.69 Å². The van der Waals surface area contributed by atoms with Gasteiger partial charge in [0.1, 0.15) is 12.6 Å². The molecule has 0 aromatic heterocycles. The maximum Gasteiger partial charge on any atom is 0.244 e. The van der Waals surface area contributed by atoms with E-state index in [1.807, 2.05) is 61.5 Å². The average molecular weight is 575 g/mol. The summed E-state index contributed by atoms with van der Waals surface area (Å²) in [4.78, 5) is 28.0. The summed E-state index contributed by atoms with van der Waals surface area (Å²) in [6.07, 6.45) is 2.86. The Labute approximate surface area is 221 Å². The molecule has 0 radical (unpaired) electrons. The van der Waals surface area contributed by atoms with Crippen LogP contribution in [0.5, 0.6) is 0 Å². The number of carbonyl (C=O) groups is 2. The molecule has 0 unspecified atom stereocenters. The number of nitrogens with zero attached hydrogens (tertiary/aromatic N) is 2. The lowest BCUT2D eigenvalue weighted by molar-refractivity contribution is -0.139. The molecule has 192 valence electrons. The molecule has 0 bridgehead atoms. The first-order chi connectivity index (χ1) is 17.1. The second-order valence-electron chi connectivity index (χ2n) is 8.74. The van der Waals surface area contributed by atoms with Crippen molar-refractivity contribution in [1.82, 2.24) is 10.2 Å². The van der Waals surface area contributed by atoms with Crippen LogP contribution in [-0.4, -0.2) is 50.5 Å². The molecule has 0 saturated carbocycles. The van der Waals surface area contributed by atoms with Gasteiger partial charge in [-0.2, -0.15) is 0 Å². The zero-order chi connectivity index (χ0) is 26.3. The molecule has 0 aliphatic heterocycles. The molecule has 3 rings (SSSR count). The van der Waals surface area contributed by atoms with Gasteiger partial charge in [-0.1, -0.05) is 77.8 Å². The summed E-state index contributed by atoms with van der Waals surface area (Å²) in [7, 11) is -3.80. The smallest absolute Gasteiger partial charge is 0.244 e. The zero-order valence-electron chi connectivity index (χ0n) is 20.8. The van der Waals surface area contributed by atoms with E-state index >= 15 is 0 Å². The van der Waals surface area contributed by atoms with Gasteiger partial charge in [-0.15, -0.1) is 0 Å². The van der Waals surface area contributed by atoms with E-state index in [9.17, 15) is 18.0 Å². The molecular weight excluding hydrogens is 542 g/mol. The van der Waals surface area contributed by atoms with Crippen molar-refractivity contribution < 1.29 is 18.0 Å². The average Bonchev–Trinajstić information content (AvgIpc) is 2.85. The first kappa shape index (κ1) is 27.7. The van der Waals surface area contributed by atoms with Gasteiger partial charge in [-0.05, 0) is 42.5 Å². The molecule has 36 heavy (non-hydrogen) atoms. The minimum atomic E-state index is -3.80. The van der Waals surface area contributed by atoms with Crippen LogP contribution in [0, 0.1) is 0 Å². The summed E-state index contributed by atoms with van der Waals surface area (Å²) in [6.45, 7) is 3.97. The third-order valence-electron chi connectivity index (χ3n) is 5.98. The molecule has 9 heteroatoms. The number of carbonyl (C=O) groups excluding carboxylic acids is 2. The number of rotatable bonds is 11. The van der Waals surface area contributed by atoms with E-state index in [0.29, 0.717) is 12.2 Å². The largest absolute Gasteiger partial charge is 0.354 e. The molecule has 1 N–H and O–H groups in total. The molecule has 3 aromatic carbocycles. The van der Waals surface area contributed by atoms with Gasteiger partial charge in [-0.25, -0.2) is 8.42 Å². The zero-order valence-corrected chi connectivity index (χ0v) is 23.2. The topological polar surface area (TPSA) is 86.8 Å². The maximum absolute atomic E-state index is 13.7. The minimum Gasteiger partial charge on any atom is -0.354 e. The Morgan fingerprint density at radius 1 is 1.00 bits per heavy atom. The van der Waals surface area contributed by atoms with E-state index in [1.54, 1.807) is 19.1 Å². The number of hydrogen-bond donors (Lipinski definition) is 1. The van der Waals surface area contributed by atoms with Crippen molar-refractivity contribution in [1.29, 1.82) is 0 Å². The van der Waals surface area contributed by atoms with E-state index in [2.05, 4.69) is 21.2 Å². The lowest BCUT2D eigenvalue weighted by Crippen LogP contribution is -2.51. The molecule has 7 nitrogen and oxygen atoms in total. The predicted molar refractivity (Wildman–Crippen MR) is 148 cm³/mol. The first-order valence-corrected chi connectivity index (χ1v) is 14.5. The normalized spacial score (nSPS) is 12.2. The number of fused-ring (bicyclic) bond motifs is 1. The lowest BCUT2D eigenvalue weighted by atomic mass is 10.1. The molecule has 0 aliphatic rings. The van der Waals surface area contributed by atoms with Crippen LogP contribution in [0.3, 0.4) is 0 Å². The minimum absolute atomic E-state index is 0.168. The highest BCUT2D eigenvalue weighted by Crippen LogP contribution is 2.28. The van der Waals surface area contributed by atoms with Gasteiger partial charge in [-0.3, -0.25) is 13.9 Å². The third-order valence-corrected chi connectivity index (χ3v) is 7.63. The highest BCUT2D eigenvalue weighted by molar-refractivity contribution is 9.10. The molecule has 0 aliphatic carbocycles. The Kier molecular flexibility index (Phi) is 9.50. The van der Waals surface area contributed by atoms with Crippen molar-refractivity contribution in [2.24, 2.45) is 0 Å². The monoisotopic (exact) mass is 573 g/mol. The summed E-state index contributed by atoms with van der Waals surface area (Å²) < 4.78 is 27.8. The summed E-state index contributed by atoms with van der Waals surface area (Å²) in [5.74, 6) is -0.737. The van der Waals surface area contributed by atoms with Crippen LogP contribution in [-0.2, 0) is 26.2 Å². The SMILES string of the molecule is CCCCNC(=O)[C@H](C)N(Cc1ccc(Br)cc1)C(=O)CN(c1cccc2ccccc12)S(C)(=O)=O. The van der Waals surface area contributed by atoms with Crippen LogP contribution in [0.15, 0.2) is 71.2 Å². The standard InChI is InChI=1S/C27H32BrN3O4S/c1-4-5-17-29-27(33)20(2)30(18-21-13-15-23(28)16-14-21)26(32)19-31(36(3,34)35)25-12-8-10-22-9-6-7-11-24(22)25/h6-16,20H,4-5,17-19H2,1-3H3,(H,29,33)/t20-/m0/s1. The Bertz CT molecular complexity index is 1310. The number of hydrogen-bond acceptors (Lipinski definition) is 4. The molecule has 0 fully saturated rings. The van der Waals surface area contributed by atoms with Gasteiger partial charge in [0.2, 0.25) is 21.8 Å². The van der Waals surface area contributed by atoms with Gasteiger partial charge < -0.3 is 10.2 Å². The van der Waals surface area contributed by atoms with Crippen LogP contribution in [0.25, 0.3) is 10.8 Å². The summed E-state index contributed by atoms with van der Waals surface area (Å²) in [5.41, 5.74) is 1.25. The fourth-order valence-electron chi connectivity index (χ4n) is 3.93. The van der Waals surface area contributed by atoms with Gasteiger partial charge in [0.05, 0.1) is 11.9 Å². The highest BCUT2D eigenvalue weighted by atomic mass is 79.9. The summed E-state index contributed by atoms with van der Waals surface area (Å²) in [6, 6.07) is 19.5. The molecule has 0 saturated heterocycles. The number of sulfonamides is 1. The van der Waals surface area contributed by atoms with Crippen molar-refractivity contribution in [2.45, 2.75) is 39.3 Å². The molecule has 2 amide bonds. The van der Waals surface area contributed by atoms with Gasteiger partial charge in [0.25, 0.3) is 0 Å². The second-order valence-corrected chi connectivity index (χ2v) is 11.6. The van der Waals surface area contributed by atoms with Crippen LogP contribution in [0.1, 0.15) is 32.3 Å². The van der Waals surface area contributed by atoms with E-state index in [1.165, 1.54) is 4.90 Å². The third kappa shape index (κ3) is 7.07. The van der Waals surface area contributed by atoms with Crippen molar-refractivity contribution >= 4 is 54.2 Å². The number of nitrogens with one attached hydrogen (secondary N) is 1. The quantitative estimate of drug-likeness (QED) is 0.337. The molecule has 0 heterocycles. The second kappa shape index (κ2) is 12.4. The maximum atomic E-state index is 13.7. The molecular formula is C27H32BrN3O4S. The Balaban J connectivity index is 1.95. The molecule has 3 aromatic rings. The van der Waals surface area contributed by atoms with Crippen molar-refractivity contribution in [3.05, 3.63) is 76.8 Å². The first-order valence-electron chi connectivity index (χ1n) is 11.9. The number of anilines is 1. The fraction of sp³-hybridized carbons (Fsp3) is 0.333. The van der Waals surface area contributed by atoms with E-state index < -0.39 is 28.5 Å². The Hall–Kier alpha value is -2.91. The lowest BCUT2D eigenvalue weighted by Gasteiger charge is -2.31. The van der Waals surface area contributed by atoms with Crippen LogP contribution >= 0.6 is 15.9 Å². The van der Waals surface area contributed by atoms with E-state index in [0.717, 1.165) is 44.2 Å². The number of amides is 2. The van der Waals surface area contributed by atoms with E-state index in [4.69, 9.17) is 0 Å².